The highest BCUT2D eigenvalue weighted by Gasteiger charge is 2.44. The van der Waals surface area contributed by atoms with Gasteiger partial charge in [-0.2, -0.15) is 13.2 Å². The van der Waals surface area contributed by atoms with Crippen molar-refractivity contribution in [3.05, 3.63) is 65.2 Å². The van der Waals surface area contributed by atoms with Crippen LogP contribution in [0.1, 0.15) is 29.0 Å². The Bertz CT molecular complexity index is 957. The van der Waals surface area contributed by atoms with Crippen molar-refractivity contribution in [2.24, 2.45) is 11.1 Å². The Morgan fingerprint density at radius 3 is 2.41 bits per heavy atom. The first-order chi connectivity index (χ1) is 12.5. The zero-order chi connectivity index (χ0) is 19.8. The summed E-state index contributed by atoms with van der Waals surface area (Å²) in [5, 5.41) is 7.72. The first-order valence-corrected chi connectivity index (χ1v) is 9.82. The molecule has 0 radical (unpaired) electrons. The van der Waals surface area contributed by atoms with E-state index < -0.39 is 21.8 Å². The van der Waals surface area contributed by atoms with Crippen LogP contribution in [0.5, 0.6) is 0 Å². The Balaban J connectivity index is 1.63. The van der Waals surface area contributed by atoms with E-state index in [0.29, 0.717) is 23.2 Å². The molecule has 144 valence electrons. The normalized spacial score (nSPS) is 19.6. The maximum Gasteiger partial charge on any atom is 0.416 e. The van der Waals surface area contributed by atoms with E-state index in [-0.39, 0.29) is 23.5 Å². The largest absolute Gasteiger partial charge is 0.416 e. The van der Waals surface area contributed by atoms with Gasteiger partial charge in [-0.1, -0.05) is 24.3 Å². The Hall–Kier alpha value is -2.39. The highest BCUT2D eigenvalue weighted by molar-refractivity contribution is 7.88. The lowest BCUT2D eigenvalue weighted by Gasteiger charge is -2.08. The van der Waals surface area contributed by atoms with Crippen LogP contribution >= 0.6 is 0 Å². The van der Waals surface area contributed by atoms with Gasteiger partial charge in [0.05, 0.1) is 11.3 Å². The fourth-order valence-electron chi connectivity index (χ4n) is 2.98. The Morgan fingerprint density at radius 2 is 1.81 bits per heavy atom. The van der Waals surface area contributed by atoms with E-state index in [1.165, 1.54) is 18.2 Å². The lowest BCUT2D eigenvalue weighted by atomic mass is 10.1. The van der Waals surface area contributed by atoms with Crippen LogP contribution in [0.4, 0.5) is 18.9 Å². The van der Waals surface area contributed by atoms with Crippen molar-refractivity contribution in [1.29, 1.82) is 0 Å². The van der Waals surface area contributed by atoms with E-state index >= 15 is 0 Å². The van der Waals surface area contributed by atoms with Gasteiger partial charge in [0.15, 0.2) is 0 Å². The van der Waals surface area contributed by atoms with E-state index in [4.69, 9.17) is 5.14 Å². The monoisotopic (exact) mass is 398 g/mol. The molecular formula is C18H17F3N2O3S. The summed E-state index contributed by atoms with van der Waals surface area (Å²) in [7, 11) is -3.68. The summed E-state index contributed by atoms with van der Waals surface area (Å²) in [5.41, 5.74) is 0.857. The molecule has 1 fully saturated rings. The highest BCUT2D eigenvalue weighted by Crippen LogP contribution is 2.48. The van der Waals surface area contributed by atoms with Crippen molar-refractivity contribution in [1.82, 2.24) is 0 Å². The van der Waals surface area contributed by atoms with Crippen LogP contribution in [0.2, 0.25) is 0 Å². The van der Waals surface area contributed by atoms with Crippen LogP contribution in [0.25, 0.3) is 0 Å². The molecule has 0 aliphatic heterocycles. The molecule has 1 saturated carbocycles. The van der Waals surface area contributed by atoms with Crippen molar-refractivity contribution in [3.8, 4) is 0 Å². The van der Waals surface area contributed by atoms with Crippen molar-refractivity contribution in [2.45, 2.75) is 24.3 Å². The summed E-state index contributed by atoms with van der Waals surface area (Å²) < 4.78 is 60.1. The minimum absolute atomic E-state index is 0.125. The summed E-state index contributed by atoms with van der Waals surface area (Å²) in [5.74, 6) is -1.05. The second kappa shape index (κ2) is 6.97. The van der Waals surface area contributed by atoms with Crippen LogP contribution in [0.3, 0.4) is 0 Å². The second-order valence-corrected chi connectivity index (χ2v) is 8.18. The zero-order valence-electron chi connectivity index (χ0n) is 14.0. The van der Waals surface area contributed by atoms with Crippen LogP contribution in [0, 0.1) is 5.92 Å². The molecular weight excluding hydrogens is 381 g/mol. The minimum atomic E-state index is -4.39. The van der Waals surface area contributed by atoms with Gasteiger partial charge in [0.2, 0.25) is 15.9 Å². The number of anilines is 1. The molecule has 2 unspecified atom stereocenters. The number of halogens is 3. The van der Waals surface area contributed by atoms with Gasteiger partial charge < -0.3 is 5.32 Å². The van der Waals surface area contributed by atoms with Crippen LogP contribution < -0.4 is 10.5 Å². The predicted molar refractivity (Wildman–Crippen MR) is 94.2 cm³/mol. The number of carbonyl (C=O) groups is 1. The number of hydrogen-bond acceptors (Lipinski definition) is 3. The van der Waals surface area contributed by atoms with Gasteiger partial charge in [0.25, 0.3) is 0 Å². The van der Waals surface area contributed by atoms with E-state index in [9.17, 15) is 26.4 Å². The lowest BCUT2D eigenvalue weighted by molar-refractivity contribution is -0.137. The summed E-state index contributed by atoms with van der Waals surface area (Å²) in [6.45, 7) is 0. The number of nitrogens with two attached hydrogens (primary N) is 1. The van der Waals surface area contributed by atoms with E-state index in [2.05, 4.69) is 5.32 Å². The average molecular weight is 398 g/mol. The van der Waals surface area contributed by atoms with Crippen LogP contribution in [0.15, 0.2) is 48.5 Å². The standard InChI is InChI=1S/C18H17F3N2O3S/c19-18(20,21)13-6-4-12(5-7-13)15-9-16(15)17(24)23-14-3-1-2-11(8-14)10-27(22,25)26/h1-8,15-16H,9-10H2,(H,23,24)(H2,22,25,26). The van der Waals surface area contributed by atoms with Gasteiger partial charge in [-0.15, -0.1) is 0 Å². The minimum Gasteiger partial charge on any atom is -0.326 e. The van der Waals surface area contributed by atoms with Gasteiger partial charge in [-0.3, -0.25) is 4.79 Å². The second-order valence-electron chi connectivity index (χ2n) is 6.57. The lowest BCUT2D eigenvalue weighted by Crippen LogP contribution is -2.16. The number of primary sulfonamides is 1. The molecule has 2 aromatic carbocycles. The number of amides is 1. The molecule has 1 aliphatic rings. The zero-order valence-corrected chi connectivity index (χ0v) is 14.8. The third-order valence-electron chi connectivity index (χ3n) is 4.36. The first-order valence-electron chi connectivity index (χ1n) is 8.10. The third-order valence-corrected chi connectivity index (χ3v) is 5.09. The SMILES string of the molecule is NS(=O)(=O)Cc1cccc(NC(=O)C2CC2c2ccc(C(F)(F)F)cc2)c1. The third kappa shape index (κ3) is 5.08. The molecule has 0 bridgehead atoms. The molecule has 9 heteroatoms. The predicted octanol–water partition coefficient (Wildman–Crippen LogP) is 3.24. The summed E-state index contributed by atoms with van der Waals surface area (Å²) in [6, 6.07) is 11.2. The van der Waals surface area contributed by atoms with E-state index in [1.54, 1.807) is 18.2 Å². The van der Waals surface area contributed by atoms with E-state index in [0.717, 1.165) is 12.1 Å². The smallest absolute Gasteiger partial charge is 0.326 e. The first kappa shape index (κ1) is 19.4. The van der Waals surface area contributed by atoms with Crippen molar-refractivity contribution >= 4 is 21.6 Å². The Kier molecular flexibility index (Phi) is 5.00. The number of sulfonamides is 1. The molecule has 5 nitrogen and oxygen atoms in total. The van der Waals surface area contributed by atoms with Crippen LogP contribution in [-0.4, -0.2) is 14.3 Å². The van der Waals surface area contributed by atoms with Gasteiger partial charge in [-0.05, 0) is 47.7 Å². The van der Waals surface area contributed by atoms with Gasteiger partial charge in [0, 0.05) is 11.6 Å². The molecule has 0 saturated heterocycles. The van der Waals surface area contributed by atoms with Gasteiger partial charge in [-0.25, -0.2) is 13.6 Å². The Morgan fingerprint density at radius 1 is 1.15 bits per heavy atom. The Labute approximate surface area is 154 Å². The summed E-state index contributed by atoms with van der Waals surface area (Å²) in [6.07, 6.45) is -3.84. The van der Waals surface area contributed by atoms with Gasteiger partial charge in [0.1, 0.15) is 0 Å². The number of carbonyl (C=O) groups excluding carboxylic acids is 1. The molecule has 1 amide bonds. The average Bonchev–Trinajstić information content (AvgIpc) is 3.33. The quantitative estimate of drug-likeness (QED) is 0.810. The molecule has 3 N–H and O–H groups in total. The number of hydrogen-bond donors (Lipinski definition) is 2. The molecule has 27 heavy (non-hydrogen) atoms. The molecule has 0 aromatic heterocycles. The highest BCUT2D eigenvalue weighted by atomic mass is 32.2. The fourth-order valence-corrected chi connectivity index (χ4v) is 3.62. The number of alkyl halides is 3. The van der Waals surface area contributed by atoms with Gasteiger partial charge >= 0.3 is 6.18 Å². The van der Waals surface area contributed by atoms with Crippen molar-refractivity contribution < 1.29 is 26.4 Å². The number of rotatable bonds is 5. The fraction of sp³-hybridized carbons (Fsp3) is 0.278. The maximum absolute atomic E-state index is 12.6. The molecule has 0 spiro atoms. The van der Waals surface area contributed by atoms with Crippen molar-refractivity contribution in [3.63, 3.8) is 0 Å². The number of benzene rings is 2. The van der Waals surface area contributed by atoms with Crippen molar-refractivity contribution in [2.75, 3.05) is 5.32 Å². The maximum atomic E-state index is 12.6. The van der Waals surface area contributed by atoms with E-state index in [1.807, 2.05) is 0 Å². The molecule has 2 aromatic rings. The van der Waals surface area contributed by atoms with Crippen LogP contribution in [-0.2, 0) is 26.7 Å². The molecule has 0 heterocycles. The molecule has 1 aliphatic carbocycles. The molecule has 2 atom stereocenters. The molecule has 3 rings (SSSR count). The topological polar surface area (TPSA) is 89.3 Å². The number of nitrogens with one attached hydrogen (secondary N) is 1. The summed E-state index contributed by atoms with van der Waals surface area (Å²) >= 11 is 0. The summed E-state index contributed by atoms with van der Waals surface area (Å²) in [4.78, 5) is 12.3.